The molecule has 0 saturated heterocycles. The van der Waals surface area contributed by atoms with Crippen molar-refractivity contribution in [2.75, 3.05) is 9.74 Å². The van der Waals surface area contributed by atoms with Gasteiger partial charge in [0.05, 0.1) is 0 Å². The molecule has 0 atom stereocenters. The first-order chi connectivity index (χ1) is 11.6. The minimum absolute atomic E-state index is 0.0370. The van der Waals surface area contributed by atoms with Gasteiger partial charge in [-0.2, -0.15) is 0 Å². The zero-order chi connectivity index (χ0) is 16.9. The summed E-state index contributed by atoms with van der Waals surface area (Å²) in [6.45, 7) is 1.90. The standard InChI is InChI=1S/C19H16ClINOS/c1-13(19(23)22-15-5-3-2-4-6-15)18(17-11-12-21-17)24-16-9-7-14(20)8-10-16/h2-11H,12H2,1H3,(H,22,23)/q-1/b18-13+. The normalized spacial score (nSPS) is 14.7. The molecule has 3 rings (SSSR count). The molecule has 2 aromatic carbocycles. The van der Waals surface area contributed by atoms with Gasteiger partial charge < -0.3 is 0 Å². The van der Waals surface area contributed by atoms with Crippen molar-refractivity contribution >= 4 is 35.0 Å². The Labute approximate surface area is 161 Å². The summed E-state index contributed by atoms with van der Waals surface area (Å²) >= 11 is 7.65. The van der Waals surface area contributed by atoms with Gasteiger partial charge in [0.15, 0.2) is 0 Å². The maximum atomic E-state index is 12.6. The molecule has 0 saturated carbocycles. The van der Waals surface area contributed by atoms with Crippen LogP contribution in [-0.2, 0) is 4.79 Å². The Morgan fingerprint density at radius 3 is 2.38 bits per heavy atom. The number of allylic oxidation sites excluding steroid dienone is 2. The number of amides is 1. The van der Waals surface area contributed by atoms with Crippen LogP contribution in [-0.4, -0.2) is 10.3 Å². The molecule has 0 unspecified atom stereocenters. The molecule has 1 heterocycles. The second-order valence-corrected chi connectivity index (χ2v) is 9.50. The van der Waals surface area contributed by atoms with Crippen molar-refractivity contribution in [3.63, 3.8) is 0 Å². The van der Waals surface area contributed by atoms with Crippen molar-refractivity contribution < 1.29 is 26.0 Å². The van der Waals surface area contributed by atoms with Crippen LogP contribution < -0.4 is 26.5 Å². The van der Waals surface area contributed by atoms with Crippen LogP contribution in [0, 0.1) is 0 Å². The Morgan fingerprint density at radius 1 is 1.12 bits per heavy atom. The fraction of sp³-hybridized carbons (Fsp3) is 0.105. The fourth-order valence-electron chi connectivity index (χ4n) is 2.08. The van der Waals surface area contributed by atoms with Gasteiger partial charge >= 0.3 is 162 Å². The first kappa shape index (κ1) is 17.6. The van der Waals surface area contributed by atoms with Crippen LogP contribution in [0.25, 0.3) is 0 Å². The van der Waals surface area contributed by atoms with Crippen molar-refractivity contribution in [2.24, 2.45) is 0 Å². The van der Waals surface area contributed by atoms with E-state index < -0.39 is 0 Å². The molecule has 0 radical (unpaired) electrons. The van der Waals surface area contributed by atoms with E-state index in [4.69, 9.17) is 11.6 Å². The summed E-state index contributed by atoms with van der Waals surface area (Å²) in [6.07, 6.45) is 2.24. The minimum atomic E-state index is -0.0468. The van der Waals surface area contributed by atoms with Gasteiger partial charge in [-0.3, -0.25) is 0 Å². The average molecular weight is 469 g/mol. The summed E-state index contributed by atoms with van der Waals surface area (Å²) in [5, 5.41) is 3.69. The predicted molar refractivity (Wildman–Crippen MR) is 98.0 cm³/mol. The van der Waals surface area contributed by atoms with Gasteiger partial charge in [-0.15, -0.1) is 0 Å². The third-order valence-electron chi connectivity index (χ3n) is 3.44. The molecule has 0 aliphatic carbocycles. The van der Waals surface area contributed by atoms with Gasteiger partial charge in [0.25, 0.3) is 0 Å². The Hall–Kier alpha value is -1.24. The number of carbonyl (C=O) groups excluding carboxylic acids is 1. The summed E-state index contributed by atoms with van der Waals surface area (Å²) in [5.74, 6) is -0.0468. The van der Waals surface area contributed by atoms with E-state index in [-0.39, 0.29) is 27.1 Å². The summed E-state index contributed by atoms with van der Waals surface area (Å²) in [7, 11) is 0. The number of para-hydroxylation sites is 1. The second kappa shape index (κ2) is 8.23. The molecule has 1 aliphatic heterocycles. The van der Waals surface area contributed by atoms with Crippen molar-refractivity contribution in [3.8, 4) is 0 Å². The molecule has 2 nitrogen and oxygen atoms in total. The molecular weight excluding hydrogens is 453 g/mol. The number of rotatable bonds is 5. The van der Waals surface area contributed by atoms with E-state index in [0.29, 0.717) is 0 Å². The third kappa shape index (κ3) is 4.43. The zero-order valence-electron chi connectivity index (χ0n) is 13.1. The number of thioether (sulfide) groups is 1. The van der Waals surface area contributed by atoms with E-state index >= 15 is 0 Å². The Balaban J connectivity index is 1.84. The molecule has 0 spiro atoms. The van der Waals surface area contributed by atoms with Gasteiger partial charge in [-0.25, -0.2) is 0 Å². The molecule has 24 heavy (non-hydrogen) atoms. The molecule has 1 aliphatic rings. The van der Waals surface area contributed by atoms with Gasteiger partial charge in [-0.1, -0.05) is 0 Å². The monoisotopic (exact) mass is 468 g/mol. The van der Waals surface area contributed by atoms with Crippen LogP contribution in [0.5, 0.6) is 0 Å². The van der Waals surface area contributed by atoms with Crippen LogP contribution in [0.2, 0.25) is 5.02 Å². The fourth-order valence-corrected chi connectivity index (χ4v) is 5.47. The van der Waals surface area contributed by atoms with Crippen LogP contribution >= 0.6 is 23.4 Å². The molecule has 0 bridgehead atoms. The maximum absolute atomic E-state index is 12.6. The molecule has 5 heteroatoms. The molecule has 124 valence electrons. The third-order valence-corrected chi connectivity index (χ3v) is 7.98. The number of hydrogen-bond acceptors (Lipinski definition) is 2. The number of alkyl halides is 1. The van der Waals surface area contributed by atoms with E-state index in [9.17, 15) is 4.79 Å². The molecule has 0 aromatic heterocycles. The van der Waals surface area contributed by atoms with Gasteiger partial charge in [0.1, 0.15) is 0 Å². The predicted octanol–water partition coefficient (Wildman–Crippen LogP) is 2.33. The summed E-state index contributed by atoms with van der Waals surface area (Å²) in [4.78, 5) is 14.8. The number of hydrogen-bond donors (Lipinski definition) is 1. The Morgan fingerprint density at radius 2 is 1.79 bits per heavy atom. The van der Waals surface area contributed by atoms with Crippen LogP contribution in [0.3, 0.4) is 0 Å². The zero-order valence-corrected chi connectivity index (χ0v) is 16.8. The Kier molecular flexibility index (Phi) is 6.03. The second-order valence-electron chi connectivity index (χ2n) is 5.17. The van der Waals surface area contributed by atoms with Crippen LogP contribution in [0.1, 0.15) is 6.92 Å². The van der Waals surface area contributed by atoms with E-state index in [0.717, 1.165) is 26.1 Å². The summed E-state index contributed by atoms with van der Waals surface area (Å²) < 4.78 is 2.54. The molecule has 2 aromatic rings. The van der Waals surface area contributed by atoms with Crippen molar-refractivity contribution in [2.45, 2.75) is 11.8 Å². The van der Waals surface area contributed by atoms with Gasteiger partial charge in [0.2, 0.25) is 0 Å². The first-order valence-corrected chi connectivity index (χ1v) is 11.2. The molecular formula is C19H16ClINOS-. The molecule has 1 amide bonds. The van der Waals surface area contributed by atoms with E-state index in [1.807, 2.05) is 61.5 Å². The number of benzene rings is 2. The summed E-state index contributed by atoms with van der Waals surface area (Å²) in [5.41, 5.74) is 1.58. The van der Waals surface area contributed by atoms with Crippen molar-refractivity contribution in [3.05, 3.63) is 79.8 Å². The van der Waals surface area contributed by atoms with Crippen molar-refractivity contribution in [1.82, 2.24) is 0 Å². The van der Waals surface area contributed by atoms with Crippen LogP contribution in [0.4, 0.5) is 5.69 Å². The SMILES string of the molecule is C/C(C(=O)Nc1ccccc1)=C(\Sc1ccc(Cl)cc1)C1=CC[I-]1. The quantitative estimate of drug-likeness (QED) is 0.316. The number of halogens is 2. The van der Waals surface area contributed by atoms with Crippen molar-refractivity contribution in [1.29, 1.82) is 0 Å². The summed E-state index contributed by atoms with van der Waals surface area (Å²) in [6, 6.07) is 17.3. The van der Waals surface area contributed by atoms with E-state index in [1.165, 1.54) is 8.01 Å². The van der Waals surface area contributed by atoms with Gasteiger partial charge in [0, 0.05) is 0 Å². The van der Waals surface area contributed by atoms with E-state index in [1.54, 1.807) is 11.8 Å². The molecule has 1 N–H and O–H groups in total. The van der Waals surface area contributed by atoms with Crippen LogP contribution in [0.15, 0.2) is 79.6 Å². The van der Waals surface area contributed by atoms with E-state index in [2.05, 4.69) is 11.4 Å². The average Bonchev–Trinajstić information content (AvgIpc) is 2.55. The Bertz CT molecular complexity index is 800. The topological polar surface area (TPSA) is 29.1 Å². The molecule has 0 fully saturated rings. The van der Waals surface area contributed by atoms with Gasteiger partial charge in [-0.05, 0) is 0 Å². The first-order valence-electron chi connectivity index (χ1n) is 7.44. The number of anilines is 1. The number of nitrogens with one attached hydrogen (secondary N) is 1. The number of carbonyl (C=O) groups is 1.